The van der Waals surface area contributed by atoms with Crippen molar-refractivity contribution < 1.29 is 9.50 Å². The lowest BCUT2D eigenvalue weighted by Crippen LogP contribution is -2.07. The molecule has 7 heteroatoms. The summed E-state index contributed by atoms with van der Waals surface area (Å²) in [6.45, 7) is 3.61. The number of hydrogen-bond acceptors (Lipinski definition) is 4. The number of nitrogens with one attached hydrogen (secondary N) is 3. The zero-order valence-corrected chi connectivity index (χ0v) is 15.9. The predicted molar refractivity (Wildman–Crippen MR) is 111 cm³/mol. The molecule has 146 valence electrons. The molecule has 2 aromatic carbocycles. The van der Waals surface area contributed by atoms with Crippen LogP contribution in [0, 0.1) is 5.82 Å². The van der Waals surface area contributed by atoms with E-state index in [0.29, 0.717) is 34.4 Å². The Morgan fingerprint density at radius 3 is 2.83 bits per heavy atom. The fourth-order valence-corrected chi connectivity index (χ4v) is 3.86. The molecule has 2 aromatic heterocycles. The number of benzene rings is 2. The maximum Gasteiger partial charge on any atom is 0.159 e. The van der Waals surface area contributed by atoms with Gasteiger partial charge in [0.1, 0.15) is 17.0 Å². The smallest absolute Gasteiger partial charge is 0.159 e. The number of aromatic hydroxyl groups is 1. The summed E-state index contributed by atoms with van der Waals surface area (Å²) < 4.78 is 15.4. The van der Waals surface area contributed by atoms with E-state index in [4.69, 9.17) is 0 Å². The van der Waals surface area contributed by atoms with E-state index in [-0.39, 0.29) is 11.6 Å². The lowest BCUT2D eigenvalue weighted by atomic mass is 9.96. The molecule has 0 saturated heterocycles. The number of aromatic nitrogens is 4. The Hall–Kier alpha value is -3.45. The fourth-order valence-electron chi connectivity index (χ4n) is 3.86. The van der Waals surface area contributed by atoms with Crippen LogP contribution in [-0.2, 0) is 6.42 Å². The van der Waals surface area contributed by atoms with E-state index in [1.54, 1.807) is 24.3 Å². The van der Waals surface area contributed by atoms with Gasteiger partial charge in [-0.2, -0.15) is 5.10 Å². The van der Waals surface area contributed by atoms with Crippen molar-refractivity contribution in [1.29, 1.82) is 0 Å². The maximum absolute atomic E-state index is 15.4. The first kappa shape index (κ1) is 17.6. The number of H-pyrrole nitrogens is 2. The van der Waals surface area contributed by atoms with Gasteiger partial charge in [-0.3, -0.25) is 5.10 Å². The van der Waals surface area contributed by atoms with E-state index in [1.165, 1.54) is 0 Å². The number of aryl methyl sites for hydroxylation is 1. The summed E-state index contributed by atoms with van der Waals surface area (Å²) in [7, 11) is 0. The van der Waals surface area contributed by atoms with Gasteiger partial charge in [-0.05, 0) is 41.3 Å². The van der Waals surface area contributed by atoms with Gasteiger partial charge in [-0.15, -0.1) is 0 Å². The second-order valence-corrected chi connectivity index (χ2v) is 7.11. The van der Waals surface area contributed by atoms with E-state index >= 15 is 4.39 Å². The normalized spacial score (nSPS) is 13.9. The van der Waals surface area contributed by atoms with E-state index in [1.807, 2.05) is 19.2 Å². The standard InChI is InChI=1S/C22H20FN5O/c1-2-12-9-14(29)3-4-15(12)16-5-6-17-20(19(16)23)27-28-21(17)22-25-11-18(26-22)13-7-8-24-10-13/h3-7,9,11,24,29H,2,8,10H2,1H3,(H,25,26)(H,27,28). The highest BCUT2D eigenvalue weighted by Crippen LogP contribution is 2.35. The summed E-state index contributed by atoms with van der Waals surface area (Å²) in [5.74, 6) is 0.415. The molecule has 6 nitrogen and oxygen atoms in total. The summed E-state index contributed by atoms with van der Waals surface area (Å²) >= 11 is 0. The van der Waals surface area contributed by atoms with E-state index < -0.39 is 0 Å². The molecule has 0 unspecified atom stereocenters. The molecular weight excluding hydrogens is 369 g/mol. The van der Waals surface area contributed by atoms with Crippen molar-refractivity contribution in [2.75, 3.05) is 13.1 Å². The second-order valence-electron chi connectivity index (χ2n) is 7.11. The lowest BCUT2D eigenvalue weighted by Gasteiger charge is -2.10. The molecule has 0 spiro atoms. The van der Waals surface area contributed by atoms with Crippen LogP contribution in [0.4, 0.5) is 4.39 Å². The van der Waals surface area contributed by atoms with Crippen LogP contribution in [0.2, 0.25) is 0 Å². The molecule has 0 saturated carbocycles. The van der Waals surface area contributed by atoms with E-state index in [9.17, 15) is 5.11 Å². The quantitative estimate of drug-likeness (QED) is 0.424. The Morgan fingerprint density at radius 1 is 1.17 bits per heavy atom. The molecule has 1 aliphatic rings. The van der Waals surface area contributed by atoms with Crippen LogP contribution in [0.3, 0.4) is 0 Å². The summed E-state index contributed by atoms with van der Waals surface area (Å²) in [5.41, 5.74) is 5.07. The first-order valence-corrected chi connectivity index (χ1v) is 9.60. The second kappa shape index (κ2) is 6.86. The molecule has 4 aromatic rings. The molecular formula is C22H20FN5O. The molecule has 0 fully saturated rings. The molecule has 0 bridgehead atoms. The van der Waals surface area contributed by atoms with Gasteiger partial charge >= 0.3 is 0 Å². The number of phenols is 1. The minimum absolute atomic E-state index is 0.178. The van der Waals surface area contributed by atoms with Crippen molar-refractivity contribution in [2.45, 2.75) is 13.3 Å². The molecule has 0 atom stereocenters. The maximum atomic E-state index is 15.4. The topological polar surface area (TPSA) is 89.6 Å². The Kier molecular flexibility index (Phi) is 4.17. The van der Waals surface area contributed by atoms with Gasteiger partial charge in [0.15, 0.2) is 11.6 Å². The largest absolute Gasteiger partial charge is 0.508 e. The van der Waals surface area contributed by atoms with Crippen LogP contribution < -0.4 is 5.32 Å². The van der Waals surface area contributed by atoms with Crippen molar-refractivity contribution >= 4 is 16.5 Å². The van der Waals surface area contributed by atoms with Crippen LogP contribution in [-0.4, -0.2) is 38.4 Å². The summed E-state index contributed by atoms with van der Waals surface area (Å²) in [6.07, 6.45) is 4.65. The van der Waals surface area contributed by atoms with Crippen LogP contribution >= 0.6 is 0 Å². The molecule has 1 aliphatic heterocycles. The number of hydrogen-bond donors (Lipinski definition) is 4. The highest BCUT2D eigenvalue weighted by atomic mass is 19.1. The minimum atomic E-state index is -0.365. The Balaban J connectivity index is 1.59. The minimum Gasteiger partial charge on any atom is -0.508 e. The molecule has 3 heterocycles. The predicted octanol–water partition coefficient (Wildman–Crippen LogP) is 4.01. The van der Waals surface area contributed by atoms with Crippen LogP contribution in [0.25, 0.3) is 39.1 Å². The van der Waals surface area contributed by atoms with Gasteiger partial charge < -0.3 is 15.4 Å². The number of halogens is 1. The average molecular weight is 389 g/mol. The van der Waals surface area contributed by atoms with Gasteiger partial charge in [0.25, 0.3) is 0 Å². The van der Waals surface area contributed by atoms with Crippen LogP contribution in [0.15, 0.2) is 42.6 Å². The average Bonchev–Trinajstić information content (AvgIpc) is 3.47. The highest BCUT2D eigenvalue weighted by Gasteiger charge is 2.19. The Bertz CT molecular complexity index is 1250. The molecule has 4 N–H and O–H groups in total. The number of nitrogens with zero attached hydrogens (tertiary/aromatic N) is 2. The summed E-state index contributed by atoms with van der Waals surface area (Å²) in [5, 5.41) is 20.8. The van der Waals surface area contributed by atoms with Gasteiger partial charge in [0.2, 0.25) is 0 Å². The van der Waals surface area contributed by atoms with Crippen LogP contribution in [0.5, 0.6) is 5.75 Å². The van der Waals surface area contributed by atoms with Crippen molar-refractivity contribution in [1.82, 2.24) is 25.5 Å². The number of phenolic OH excluding ortho intramolecular Hbond substituents is 1. The molecule has 29 heavy (non-hydrogen) atoms. The SMILES string of the molecule is CCc1cc(O)ccc1-c1ccc2c(-c3nc(C4=CCNC4)c[nH]3)n[nH]c2c1F. The third kappa shape index (κ3) is 2.91. The Morgan fingerprint density at radius 2 is 2.03 bits per heavy atom. The third-order valence-corrected chi connectivity index (χ3v) is 5.38. The molecule has 0 amide bonds. The summed E-state index contributed by atoms with van der Waals surface area (Å²) in [4.78, 5) is 7.79. The third-order valence-electron chi connectivity index (χ3n) is 5.38. The first-order chi connectivity index (χ1) is 14.2. The van der Waals surface area contributed by atoms with Crippen LogP contribution in [0.1, 0.15) is 18.2 Å². The number of rotatable bonds is 4. The number of fused-ring (bicyclic) bond motifs is 1. The zero-order chi connectivity index (χ0) is 20.0. The summed E-state index contributed by atoms with van der Waals surface area (Å²) in [6, 6.07) is 8.62. The van der Waals surface area contributed by atoms with Gasteiger partial charge in [-0.1, -0.05) is 25.1 Å². The van der Waals surface area contributed by atoms with E-state index in [2.05, 4.69) is 31.6 Å². The molecule has 0 radical (unpaired) electrons. The zero-order valence-electron chi connectivity index (χ0n) is 15.9. The highest BCUT2D eigenvalue weighted by molar-refractivity contribution is 5.95. The monoisotopic (exact) mass is 389 g/mol. The lowest BCUT2D eigenvalue weighted by molar-refractivity contribution is 0.474. The van der Waals surface area contributed by atoms with Crippen molar-refractivity contribution in [3.63, 3.8) is 0 Å². The van der Waals surface area contributed by atoms with Crippen molar-refractivity contribution in [3.05, 3.63) is 59.7 Å². The molecule has 0 aliphatic carbocycles. The number of imidazole rings is 1. The molecule has 5 rings (SSSR count). The van der Waals surface area contributed by atoms with E-state index in [0.717, 1.165) is 35.5 Å². The van der Waals surface area contributed by atoms with Crippen molar-refractivity contribution in [3.8, 4) is 28.4 Å². The fraction of sp³-hybridized carbons (Fsp3) is 0.182. The van der Waals surface area contributed by atoms with Gasteiger partial charge in [-0.25, -0.2) is 9.37 Å². The van der Waals surface area contributed by atoms with Gasteiger partial charge in [0, 0.05) is 30.2 Å². The number of aromatic amines is 2. The first-order valence-electron chi connectivity index (χ1n) is 9.60. The van der Waals surface area contributed by atoms with Crippen molar-refractivity contribution in [2.24, 2.45) is 0 Å². The van der Waals surface area contributed by atoms with Gasteiger partial charge in [0.05, 0.1) is 5.69 Å². The Labute approximate surface area is 166 Å².